The molecule has 1 aromatic carbocycles. The number of rotatable bonds is 3. The Kier molecular flexibility index (Phi) is 3.68. The monoisotopic (exact) mass is 320 g/mol. The quantitative estimate of drug-likeness (QED) is 0.636. The van der Waals surface area contributed by atoms with Crippen molar-refractivity contribution in [3.63, 3.8) is 0 Å². The molecule has 1 heterocycles. The van der Waals surface area contributed by atoms with Crippen molar-refractivity contribution in [1.82, 2.24) is 10.2 Å². The molecule has 0 unspecified atom stereocenters. The van der Waals surface area contributed by atoms with E-state index < -0.39 is 4.92 Å². The minimum absolute atomic E-state index is 0.00815. The van der Waals surface area contributed by atoms with Gasteiger partial charge in [0.1, 0.15) is 11.6 Å². The maximum atomic E-state index is 10.7. The van der Waals surface area contributed by atoms with Gasteiger partial charge in [-0.3, -0.25) is 10.1 Å². The van der Waals surface area contributed by atoms with Crippen LogP contribution in [0.4, 0.5) is 5.69 Å². The van der Waals surface area contributed by atoms with Crippen molar-refractivity contribution in [3.8, 4) is 17.7 Å². The van der Waals surface area contributed by atoms with E-state index in [1.165, 1.54) is 30.5 Å². The summed E-state index contributed by atoms with van der Waals surface area (Å²) in [6.07, 6.45) is 1.36. The van der Waals surface area contributed by atoms with Crippen LogP contribution in [0.1, 0.15) is 5.56 Å². The number of hydrogen-bond donors (Lipinski definition) is 0. The Morgan fingerprint density at radius 2 is 2.21 bits per heavy atom. The first-order valence-corrected chi connectivity index (χ1v) is 5.74. The standard InChI is InChI=1S/C11H5BrN4O3/c12-9-2-1-8(16(17)18)5-10(9)19-11-7(6-13)3-4-14-15-11/h1-5H. The molecule has 0 N–H and O–H groups in total. The summed E-state index contributed by atoms with van der Waals surface area (Å²) in [6, 6.07) is 7.38. The van der Waals surface area contributed by atoms with Crippen molar-refractivity contribution in [2.75, 3.05) is 0 Å². The van der Waals surface area contributed by atoms with E-state index in [4.69, 9.17) is 10.00 Å². The van der Waals surface area contributed by atoms with E-state index in [2.05, 4.69) is 26.1 Å². The average molecular weight is 321 g/mol. The predicted octanol–water partition coefficient (Wildman–Crippen LogP) is 2.81. The molecule has 7 nitrogen and oxygen atoms in total. The fraction of sp³-hybridized carbons (Fsp3) is 0. The van der Waals surface area contributed by atoms with E-state index in [0.717, 1.165) is 0 Å². The van der Waals surface area contributed by atoms with Gasteiger partial charge in [0.25, 0.3) is 11.6 Å². The summed E-state index contributed by atoms with van der Waals surface area (Å²) < 4.78 is 5.88. The lowest BCUT2D eigenvalue weighted by Gasteiger charge is -2.06. The summed E-state index contributed by atoms with van der Waals surface area (Å²) in [7, 11) is 0. The van der Waals surface area contributed by atoms with E-state index in [-0.39, 0.29) is 22.9 Å². The first kappa shape index (κ1) is 12.9. The molecule has 19 heavy (non-hydrogen) atoms. The first-order valence-electron chi connectivity index (χ1n) is 4.95. The normalized spacial score (nSPS) is 9.68. The number of benzene rings is 1. The average Bonchev–Trinajstić information content (AvgIpc) is 2.41. The van der Waals surface area contributed by atoms with Gasteiger partial charge in [0.2, 0.25) is 0 Å². The van der Waals surface area contributed by atoms with E-state index in [1.807, 2.05) is 6.07 Å². The van der Waals surface area contributed by atoms with Gasteiger partial charge in [-0.2, -0.15) is 10.4 Å². The first-order chi connectivity index (χ1) is 9.11. The molecular weight excluding hydrogens is 316 g/mol. The number of ether oxygens (including phenoxy) is 1. The van der Waals surface area contributed by atoms with E-state index in [9.17, 15) is 10.1 Å². The second kappa shape index (κ2) is 5.41. The van der Waals surface area contributed by atoms with Crippen molar-refractivity contribution >= 4 is 21.6 Å². The summed E-state index contributed by atoms with van der Waals surface area (Å²) in [5.74, 6) is 0.178. The molecular formula is C11H5BrN4O3. The van der Waals surface area contributed by atoms with Gasteiger partial charge in [-0.25, -0.2) is 0 Å². The van der Waals surface area contributed by atoms with Crippen molar-refractivity contribution < 1.29 is 9.66 Å². The lowest BCUT2D eigenvalue weighted by atomic mass is 10.3. The molecule has 0 fully saturated rings. The molecule has 0 aliphatic rings. The van der Waals surface area contributed by atoms with E-state index in [1.54, 1.807) is 0 Å². The molecule has 1 aromatic heterocycles. The number of aromatic nitrogens is 2. The van der Waals surface area contributed by atoms with Gasteiger partial charge in [-0.1, -0.05) is 0 Å². The van der Waals surface area contributed by atoms with Gasteiger partial charge in [0, 0.05) is 6.07 Å². The van der Waals surface area contributed by atoms with E-state index in [0.29, 0.717) is 4.47 Å². The zero-order valence-corrected chi connectivity index (χ0v) is 10.9. The molecule has 0 saturated carbocycles. The van der Waals surface area contributed by atoms with Crippen LogP contribution >= 0.6 is 15.9 Å². The van der Waals surface area contributed by atoms with E-state index >= 15 is 0 Å². The van der Waals surface area contributed by atoms with Crippen molar-refractivity contribution in [2.24, 2.45) is 0 Å². The number of nitro benzene ring substituents is 1. The van der Waals surface area contributed by atoms with Crippen molar-refractivity contribution in [2.45, 2.75) is 0 Å². The predicted molar refractivity (Wildman–Crippen MR) is 67.6 cm³/mol. The number of hydrogen-bond acceptors (Lipinski definition) is 6. The number of non-ortho nitro benzene ring substituents is 1. The molecule has 0 aliphatic carbocycles. The summed E-state index contributed by atoms with van der Waals surface area (Å²) in [5.41, 5.74) is 0.0639. The molecule has 0 saturated heterocycles. The molecule has 0 spiro atoms. The number of nitro groups is 1. The van der Waals surface area contributed by atoms with Gasteiger partial charge in [-0.15, -0.1) is 5.10 Å². The van der Waals surface area contributed by atoms with Crippen LogP contribution in [0.2, 0.25) is 0 Å². The van der Waals surface area contributed by atoms with Crippen molar-refractivity contribution in [1.29, 1.82) is 5.26 Å². The summed E-state index contributed by atoms with van der Waals surface area (Å²) in [4.78, 5) is 10.2. The van der Waals surface area contributed by atoms with Crippen LogP contribution in [-0.4, -0.2) is 15.1 Å². The van der Waals surface area contributed by atoms with Gasteiger partial charge < -0.3 is 4.74 Å². The minimum Gasteiger partial charge on any atom is -0.435 e. The molecule has 2 rings (SSSR count). The minimum atomic E-state index is -0.540. The molecule has 0 amide bonds. The zero-order chi connectivity index (χ0) is 13.8. The highest BCUT2D eigenvalue weighted by atomic mass is 79.9. The van der Waals surface area contributed by atoms with Crippen LogP contribution in [0, 0.1) is 21.4 Å². The topological polar surface area (TPSA) is 102 Å². The van der Waals surface area contributed by atoms with Gasteiger partial charge in [0.15, 0.2) is 5.75 Å². The molecule has 2 aromatic rings. The SMILES string of the molecule is N#Cc1ccnnc1Oc1cc([N+](=O)[O-])ccc1Br. The molecule has 94 valence electrons. The van der Waals surface area contributed by atoms with Crippen LogP contribution in [-0.2, 0) is 0 Å². The lowest BCUT2D eigenvalue weighted by Crippen LogP contribution is -1.95. The van der Waals surface area contributed by atoms with Gasteiger partial charge in [0.05, 0.1) is 21.7 Å². The third-order valence-corrected chi connectivity index (χ3v) is 2.79. The van der Waals surface area contributed by atoms with Gasteiger partial charge in [-0.05, 0) is 28.1 Å². The highest BCUT2D eigenvalue weighted by Crippen LogP contribution is 2.32. The van der Waals surface area contributed by atoms with Crippen LogP contribution in [0.25, 0.3) is 0 Å². The highest BCUT2D eigenvalue weighted by molar-refractivity contribution is 9.10. The summed E-state index contributed by atoms with van der Waals surface area (Å²) in [6.45, 7) is 0. The maximum absolute atomic E-state index is 10.7. The Morgan fingerprint density at radius 3 is 2.89 bits per heavy atom. The van der Waals surface area contributed by atoms with Crippen LogP contribution in [0.5, 0.6) is 11.6 Å². The molecule has 0 radical (unpaired) electrons. The smallest absolute Gasteiger partial charge is 0.273 e. The third kappa shape index (κ3) is 2.83. The fourth-order valence-electron chi connectivity index (χ4n) is 1.27. The second-order valence-corrected chi connectivity index (χ2v) is 4.19. The molecule has 0 bridgehead atoms. The Labute approximate surface area is 115 Å². The summed E-state index contributed by atoms with van der Waals surface area (Å²) in [5, 5.41) is 26.9. The zero-order valence-electron chi connectivity index (χ0n) is 9.28. The van der Waals surface area contributed by atoms with Gasteiger partial charge >= 0.3 is 0 Å². The lowest BCUT2D eigenvalue weighted by molar-refractivity contribution is -0.384. The Morgan fingerprint density at radius 1 is 1.42 bits per heavy atom. The Balaban J connectivity index is 2.41. The van der Waals surface area contributed by atoms with Crippen LogP contribution in [0.3, 0.4) is 0 Å². The van der Waals surface area contributed by atoms with Crippen LogP contribution < -0.4 is 4.74 Å². The second-order valence-electron chi connectivity index (χ2n) is 3.34. The Hall–Kier alpha value is -2.53. The maximum Gasteiger partial charge on any atom is 0.273 e. The van der Waals surface area contributed by atoms with Crippen LogP contribution in [0.15, 0.2) is 34.9 Å². The Bertz CT molecular complexity index is 684. The fourth-order valence-corrected chi connectivity index (χ4v) is 1.59. The largest absolute Gasteiger partial charge is 0.435 e. The van der Waals surface area contributed by atoms with Crippen molar-refractivity contribution in [3.05, 3.63) is 50.6 Å². The third-order valence-electron chi connectivity index (χ3n) is 2.14. The highest BCUT2D eigenvalue weighted by Gasteiger charge is 2.13. The molecule has 0 aliphatic heterocycles. The number of halogens is 1. The molecule has 8 heteroatoms. The molecule has 0 atom stereocenters. The number of nitriles is 1. The summed E-state index contributed by atoms with van der Waals surface area (Å²) >= 11 is 3.20. The number of nitrogens with zero attached hydrogens (tertiary/aromatic N) is 4.